The summed E-state index contributed by atoms with van der Waals surface area (Å²) in [6.07, 6.45) is 1.29. The van der Waals surface area contributed by atoms with Crippen molar-refractivity contribution in [3.63, 3.8) is 0 Å². The van der Waals surface area contributed by atoms with Gasteiger partial charge in [0, 0.05) is 7.05 Å². The highest BCUT2D eigenvalue weighted by molar-refractivity contribution is 14.1. The standard InChI is InChI=1S/C7H9IN4O2/c1-12(2-4(9)13)6-5(8)7(14)11-3-10-6/h3H,2H2,1H3,(H2,9,13)(H,10,11,14). The Hall–Kier alpha value is -1.12. The number of carbonyl (C=O) groups excluding carboxylic acids is 1. The SMILES string of the molecule is CN(CC(N)=O)c1nc[nH]c(=O)c1I. The number of H-pyrrole nitrogens is 1. The maximum Gasteiger partial charge on any atom is 0.266 e. The van der Waals surface area contributed by atoms with Gasteiger partial charge in [-0.2, -0.15) is 0 Å². The molecule has 7 heteroatoms. The van der Waals surface area contributed by atoms with Gasteiger partial charge in [0.05, 0.1) is 12.9 Å². The second-order valence-corrected chi connectivity index (χ2v) is 3.77. The minimum Gasteiger partial charge on any atom is -0.368 e. The maximum atomic E-state index is 11.2. The van der Waals surface area contributed by atoms with Gasteiger partial charge in [-0.15, -0.1) is 0 Å². The van der Waals surface area contributed by atoms with E-state index in [4.69, 9.17) is 5.73 Å². The van der Waals surface area contributed by atoms with Gasteiger partial charge < -0.3 is 15.6 Å². The van der Waals surface area contributed by atoms with Crippen LogP contribution < -0.4 is 16.2 Å². The number of amides is 1. The number of aromatic amines is 1. The Morgan fingerprint density at radius 2 is 2.43 bits per heavy atom. The van der Waals surface area contributed by atoms with Crippen LogP contribution in [-0.2, 0) is 4.79 Å². The number of nitrogens with two attached hydrogens (primary N) is 1. The summed E-state index contributed by atoms with van der Waals surface area (Å²) in [6, 6.07) is 0. The molecule has 0 aliphatic heterocycles. The van der Waals surface area contributed by atoms with Gasteiger partial charge in [0.2, 0.25) is 5.91 Å². The number of halogens is 1. The van der Waals surface area contributed by atoms with Crippen LogP contribution in [0.4, 0.5) is 5.82 Å². The van der Waals surface area contributed by atoms with E-state index in [0.717, 1.165) is 0 Å². The fourth-order valence-electron chi connectivity index (χ4n) is 0.948. The molecule has 1 heterocycles. The average Bonchev–Trinajstić information content (AvgIpc) is 2.08. The van der Waals surface area contributed by atoms with E-state index < -0.39 is 5.91 Å². The molecule has 1 aromatic rings. The zero-order valence-electron chi connectivity index (χ0n) is 7.45. The van der Waals surface area contributed by atoms with E-state index in [-0.39, 0.29) is 12.1 Å². The number of carbonyl (C=O) groups is 1. The van der Waals surface area contributed by atoms with Gasteiger partial charge in [-0.3, -0.25) is 9.59 Å². The molecule has 0 atom stereocenters. The molecule has 76 valence electrons. The number of nitrogens with one attached hydrogen (secondary N) is 1. The highest BCUT2D eigenvalue weighted by Crippen LogP contribution is 2.12. The lowest BCUT2D eigenvalue weighted by Gasteiger charge is -2.16. The van der Waals surface area contributed by atoms with Crippen molar-refractivity contribution in [2.24, 2.45) is 5.73 Å². The van der Waals surface area contributed by atoms with Gasteiger partial charge >= 0.3 is 0 Å². The average molecular weight is 308 g/mol. The largest absolute Gasteiger partial charge is 0.368 e. The van der Waals surface area contributed by atoms with Gasteiger partial charge in [0.15, 0.2) is 0 Å². The van der Waals surface area contributed by atoms with Crippen LogP contribution in [0.5, 0.6) is 0 Å². The number of anilines is 1. The minimum atomic E-state index is -0.467. The highest BCUT2D eigenvalue weighted by Gasteiger charge is 2.11. The summed E-state index contributed by atoms with van der Waals surface area (Å²) in [5, 5.41) is 0. The van der Waals surface area contributed by atoms with E-state index in [1.165, 1.54) is 11.2 Å². The summed E-state index contributed by atoms with van der Waals surface area (Å²) in [5.74, 6) is -0.0152. The molecule has 0 saturated carbocycles. The van der Waals surface area contributed by atoms with Crippen LogP contribution in [0.15, 0.2) is 11.1 Å². The van der Waals surface area contributed by atoms with Crippen molar-refractivity contribution in [3.05, 3.63) is 20.3 Å². The molecule has 1 aromatic heterocycles. The number of hydrogen-bond donors (Lipinski definition) is 2. The highest BCUT2D eigenvalue weighted by atomic mass is 127. The van der Waals surface area contributed by atoms with Crippen molar-refractivity contribution in [2.45, 2.75) is 0 Å². The number of aromatic nitrogens is 2. The Kier molecular flexibility index (Phi) is 3.44. The lowest BCUT2D eigenvalue weighted by atomic mass is 10.5. The summed E-state index contributed by atoms with van der Waals surface area (Å²) in [6.45, 7) is 0.0342. The van der Waals surface area contributed by atoms with Crippen molar-refractivity contribution in [2.75, 3.05) is 18.5 Å². The van der Waals surface area contributed by atoms with Crippen LogP contribution in [0.1, 0.15) is 0 Å². The van der Waals surface area contributed by atoms with Crippen molar-refractivity contribution < 1.29 is 4.79 Å². The van der Waals surface area contributed by atoms with Gasteiger partial charge in [-0.1, -0.05) is 0 Å². The molecule has 1 rings (SSSR count). The zero-order chi connectivity index (χ0) is 10.7. The smallest absolute Gasteiger partial charge is 0.266 e. The minimum absolute atomic E-state index is 0.0342. The zero-order valence-corrected chi connectivity index (χ0v) is 9.61. The number of likely N-dealkylation sites (N-methyl/N-ethyl adjacent to an activating group) is 1. The van der Waals surface area contributed by atoms with E-state index in [1.54, 1.807) is 7.05 Å². The van der Waals surface area contributed by atoms with Gasteiger partial charge in [-0.05, 0) is 22.6 Å². The predicted octanol–water partition coefficient (Wildman–Crippen LogP) is -0.704. The van der Waals surface area contributed by atoms with Crippen molar-refractivity contribution in [1.29, 1.82) is 0 Å². The second kappa shape index (κ2) is 4.40. The third kappa shape index (κ3) is 2.44. The van der Waals surface area contributed by atoms with Crippen LogP contribution in [0.25, 0.3) is 0 Å². The normalized spacial score (nSPS) is 9.86. The first-order valence-electron chi connectivity index (χ1n) is 3.75. The molecule has 0 spiro atoms. The maximum absolute atomic E-state index is 11.2. The topological polar surface area (TPSA) is 92.1 Å². The molecule has 0 fully saturated rings. The first-order valence-corrected chi connectivity index (χ1v) is 4.83. The number of nitrogens with zero attached hydrogens (tertiary/aromatic N) is 2. The van der Waals surface area contributed by atoms with Crippen LogP contribution >= 0.6 is 22.6 Å². The number of primary amides is 1. The van der Waals surface area contributed by atoms with Gasteiger partial charge in [0.25, 0.3) is 5.56 Å². The van der Waals surface area contributed by atoms with Crippen molar-refractivity contribution in [1.82, 2.24) is 9.97 Å². The predicted molar refractivity (Wildman–Crippen MR) is 60.0 cm³/mol. The molecule has 0 radical (unpaired) electrons. The molecule has 6 nitrogen and oxygen atoms in total. The Morgan fingerprint density at radius 3 is 3.00 bits per heavy atom. The van der Waals surface area contributed by atoms with Crippen LogP contribution in [0.3, 0.4) is 0 Å². The Morgan fingerprint density at radius 1 is 1.79 bits per heavy atom. The number of hydrogen-bond acceptors (Lipinski definition) is 4. The van der Waals surface area contributed by atoms with E-state index in [2.05, 4.69) is 9.97 Å². The third-order valence-corrected chi connectivity index (χ3v) is 2.51. The molecular formula is C7H9IN4O2. The Bertz CT molecular complexity index is 403. The molecule has 0 bridgehead atoms. The van der Waals surface area contributed by atoms with Crippen LogP contribution in [-0.4, -0.2) is 29.5 Å². The molecule has 0 aromatic carbocycles. The first-order chi connectivity index (χ1) is 6.52. The summed E-state index contributed by atoms with van der Waals surface area (Å²) < 4.78 is 0.439. The fraction of sp³-hybridized carbons (Fsp3) is 0.286. The van der Waals surface area contributed by atoms with Gasteiger partial charge in [0.1, 0.15) is 9.39 Å². The summed E-state index contributed by atoms with van der Waals surface area (Å²) >= 11 is 1.87. The summed E-state index contributed by atoms with van der Waals surface area (Å²) in [7, 11) is 1.65. The van der Waals surface area contributed by atoms with Crippen LogP contribution in [0, 0.1) is 3.57 Å². The second-order valence-electron chi connectivity index (χ2n) is 2.69. The van der Waals surface area contributed by atoms with Gasteiger partial charge in [-0.25, -0.2) is 4.98 Å². The molecule has 0 saturated heterocycles. The van der Waals surface area contributed by atoms with E-state index in [0.29, 0.717) is 9.39 Å². The quantitative estimate of drug-likeness (QED) is 0.722. The molecular weight excluding hydrogens is 299 g/mol. The lowest BCUT2D eigenvalue weighted by Crippen LogP contribution is -2.32. The van der Waals surface area contributed by atoms with Crippen LogP contribution in [0.2, 0.25) is 0 Å². The van der Waals surface area contributed by atoms with E-state index in [1.807, 2.05) is 22.6 Å². The molecule has 0 aliphatic carbocycles. The molecule has 0 unspecified atom stereocenters. The Balaban J connectivity index is 3.01. The molecule has 3 N–H and O–H groups in total. The summed E-state index contributed by atoms with van der Waals surface area (Å²) in [4.78, 5) is 29.7. The third-order valence-electron chi connectivity index (χ3n) is 1.53. The summed E-state index contributed by atoms with van der Waals surface area (Å²) in [5.41, 5.74) is 4.79. The molecule has 1 amide bonds. The first kappa shape index (κ1) is 11.0. The van der Waals surface area contributed by atoms with E-state index in [9.17, 15) is 9.59 Å². The molecule has 0 aliphatic rings. The van der Waals surface area contributed by atoms with E-state index >= 15 is 0 Å². The van der Waals surface area contributed by atoms with Crippen molar-refractivity contribution in [3.8, 4) is 0 Å². The monoisotopic (exact) mass is 308 g/mol. The lowest BCUT2D eigenvalue weighted by molar-refractivity contribution is -0.116. The Labute approximate surface area is 93.7 Å². The fourth-order valence-corrected chi connectivity index (χ4v) is 1.66. The van der Waals surface area contributed by atoms with Crippen molar-refractivity contribution >= 4 is 34.3 Å². The molecule has 14 heavy (non-hydrogen) atoms. The number of rotatable bonds is 3.